The number of rotatable bonds is 6. The molecule has 1 heterocycles. The molecule has 2 aromatic carbocycles. The van der Waals surface area contributed by atoms with Crippen molar-refractivity contribution in [3.8, 4) is 0 Å². The van der Waals surface area contributed by atoms with Gasteiger partial charge in [0.2, 0.25) is 0 Å². The Labute approximate surface area is 173 Å². The summed E-state index contributed by atoms with van der Waals surface area (Å²) in [6, 6.07) is 15.1. The van der Waals surface area contributed by atoms with E-state index in [0.29, 0.717) is 6.54 Å². The molecule has 28 heavy (non-hydrogen) atoms. The predicted octanol–water partition coefficient (Wildman–Crippen LogP) is 2.39. The van der Waals surface area contributed by atoms with Gasteiger partial charge in [0, 0.05) is 42.3 Å². The monoisotopic (exact) mass is 398 g/mol. The molecule has 1 saturated heterocycles. The van der Waals surface area contributed by atoms with Crippen LogP contribution in [0.5, 0.6) is 0 Å². The Morgan fingerprint density at radius 3 is 2.36 bits per heavy atom. The standard InChI is InChI=1S/C23H31N3OS/c1-18-6-5-7-22(19(18)2)25-12-14-26(15-13-25)23(27)17-24(3)16-20-8-10-21(28-4)11-9-20/h5-11H,12-17H2,1-4H3/p+1. The molecule has 1 fully saturated rings. The highest BCUT2D eigenvalue weighted by Crippen LogP contribution is 2.23. The highest BCUT2D eigenvalue weighted by molar-refractivity contribution is 7.98. The van der Waals surface area contributed by atoms with Crippen LogP contribution < -0.4 is 9.80 Å². The number of carbonyl (C=O) groups is 1. The Bertz CT molecular complexity index is 798. The summed E-state index contributed by atoms with van der Waals surface area (Å²) in [5.41, 5.74) is 5.26. The van der Waals surface area contributed by atoms with E-state index >= 15 is 0 Å². The van der Waals surface area contributed by atoms with Crippen LogP contribution in [0, 0.1) is 13.8 Å². The topological polar surface area (TPSA) is 28.0 Å². The molecule has 1 atom stereocenters. The number of piperazine rings is 1. The number of carbonyl (C=O) groups excluding carboxylic acids is 1. The predicted molar refractivity (Wildman–Crippen MR) is 118 cm³/mol. The van der Waals surface area contributed by atoms with Gasteiger partial charge in [-0.15, -0.1) is 11.8 Å². The van der Waals surface area contributed by atoms with Gasteiger partial charge < -0.3 is 14.7 Å². The fourth-order valence-electron chi connectivity index (χ4n) is 3.80. The summed E-state index contributed by atoms with van der Waals surface area (Å²) in [5, 5.41) is 0. The van der Waals surface area contributed by atoms with Gasteiger partial charge in [-0.25, -0.2) is 0 Å². The maximum atomic E-state index is 12.7. The Kier molecular flexibility index (Phi) is 7.03. The molecule has 0 bridgehead atoms. The number of amides is 1. The molecular formula is C23H32N3OS+. The van der Waals surface area contributed by atoms with Gasteiger partial charge in [-0.05, 0) is 49.4 Å². The Hall–Kier alpha value is -1.98. The smallest absolute Gasteiger partial charge is 0.277 e. The van der Waals surface area contributed by atoms with E-state index in [1.54, 1.807) is 11.8 Å². The van der Waals surface area contributed by atoms with Crippen molar-refractivity contribution < 1.29 is 9.69 Å². The molecule has 0 aliphatic carbocycles. The van der Waals surface area contributed by atoms with Crippen LogP contribution in [0.2, 0.25) is 0 Å². The SMILES string of the molecule is CSc1ccc(C[NH+](C)CC(=O)N2CCN(c3cccc(C)c3C)CC2)cc1. The van der Waals surface area contributed by atoms with E-state index in [9.17, 15) is 4.79 Å². The van der Waals surface area contributed by atoms with Crippen molar-refractivity contribution in [3.05, 3.63) is 59.2 Å². The largest absolute Gasteiger partial charge is 0.368 e. The average Bonchev–Trinajstić information content (AvgIpc) is 2.70. The van der Waals surface area contributed by atoms with Crippen LogP contribution >= 0.6 is 11.8 Å². The number of nitrogens with one attached hydrogen (secondary N) is 1. The number of hydrogen-bond acceptors (Lipinski definition) is 3. The molecule has 5 heteroatoms. The van der Waals surface area contributed by atoms with Gasteiger partial charge in [0.1, 0.15) is 6.54 Å². The third-order valence-electron chi connectivity index (χ3n) is 5.67. The van der Waals surface area contributed by atoms with Gasteiger partial charge in [-0.2, -0.15) is 0 Å². The Balaban J connectivity index is 1.49. The minimum absolute atomic E-state index is 0.263. The first kappa shape index (κ1) is 20.7. The van der Waals surface area contributed by atoms with Crippen LogP contribution in [0.3, 0.4) is 0 Å². The van der Waals surface area contributed by atoms with Crippen LogP contribution in [-0.4, -0.2) is 56.8 Å². The summed E-state index contributed by atoms with van der Waals surface area (Å²) in [4.78, 5) is 19.7. The molecule has 1 N–H and O–H groups in total. The molecule has 2 aromatic rings. The lowest BCUT2D eigenvalue weighted by Gasteiger charge is -2.37. The molecule has 4 nitrogen and oxygen atoms in total. The molecule has 1 aliphatic heterocycles. The molecule has 0 radical (unpaired) electrons. The molecule has 3 rings (SSSR count). The minimum Gasteiger partial charge on any atom is -0.368 e. The van der Waals surface area contributed by atoms with Gasteiger partial charge >= 0.3 is 0 Å². The fourth-order valence-corrected chi connectivity index (χ4v) is 4.21. The number of benzene rings is 2. The van der Waals surface area contributed by atoms with E-state index in [1.165, 1.54) is 32.2 Å². The lowest BCUT2D eigenvalue weighted by Crippen LogP contribution is -3.09. The zero-order valence-electron chi connectivity index (χ0n) is 17.5. The summed E-state index contributed by atoms with van der Waals surface area (Å²) in [5.74, 6) is 0.263. The molecule has 0 aromatic heterocycles. The Morgan fingerprint density at radius 1 is 1.04 bits per heavy atom. The minimum atomic E-state index is 0.263. The third-order valence-corrected chi connectivity index (χ3v) is 6.41. The summed E-state index contributed by atoms with van der Waals surface area (Å²) in [6.07, 6.45) is 2.09. The van der Waals surface area contributed by atoms with E-state index in [-0.39, 0.29) is 5.91 Å². The molecule has 150 valence electrons. The number of quaternary nitrogens is 1. The number of likely N-dealkylation sites (N-methyl/N-ethyl adjacent to an activating group) is 1. The van der Waals surface area contributed by atoms with Gasteiger partial charge in [0.15, 0.2) is 6.54 Å². The normalized spacial score (nSPS) is 15.6. The van der Waals surface area contributed by atoms with Gasteiger partial charge in [0.25, 0.3) is 5.91 Å². The summed E-state index contributed by atoms with van der Waals surface area (Å²) >= 11 is 1.75. The first-order valence-corrected chi connectivity index (χ1v) is 11.2. The Morgan fingerprint density at radius 2 is 1.71 bits per heavy atom. The second kappa shape index (κ2) is 9.48. The second-order valence-corrected chi connectivity index (χ2v) is 8.63. The van der Waals surface area contributed by atoms with Crippen molar-refractivity contribution in [2.75, 3.05) is 50.9 Å². The zero-order chi connectivity index (χ0) is 20.1. The second-order valence-electron chi connectivity index (χ2n) is 7.75. The number of anilines is 1. The van der Waals surface area contributed by atoms with E-state index < -0.39 is 0 Å². The first-order chi connectivity index (χ1) is 13.5. The van der Waals surface area contributed by atoms with Crippen molar-refractivity contribution >= 4 is 23.4 Å². The lowest BCUT2D eigenvalue weighted by atomic mass is 10.1. The number of thioether (sulfide) groups is 1. The number of nitrogens with zero attached hydrogens (tertiary/aromatic N) is 2. The average molecular weight is 399 g/mol. The van der Waals surface area contributed by atoms with Gasteiger partial charge in [-0.3, -0.25) is 4.79 Å². The molecule has 0 saturated carbocycles. The van der Waals surface area contributed by atoms with Crippen LogP contribution in [-0.2, 0) is 11.3 Å². The summed E-state index contributed by atoms with van der Waals surface area (Å²) in [7, 11) is 2.10. The van der Waals surface area contributed by atoms with E-state index in [4.69, 9.17) is 0 Å². The lowest BCUT2D eigenvalue weighted by molar-refractivity contribution is -0.885. The fraction of sp³-hybridized carbons (Fsp3) is 0.435. The van der Waals surface area contributed by atoms with Crippen molar-refractivity contribution in [3.63, 3.8) is 0 Å². The molecule has 1 aliphatic rings. The maximum Gasteiger partial charge on any atom is 0.277 e. The molecule has 1 amide bonds. The van der Waals surface area contributed by atoms with Crippen LogP contribution in [0.1, 0.15) is 16.7 Å². The first-order valence-electron chi connectivity index (χ1n) is 10.0. The van der Waals surface area contributed by atoms with Crippen LogP contribution in [0.4, 0.5) is 5.69 Å². The van der Waals surface area contributed by atoms with E-state index in [2.05, 4.69) is 74.5 Å². The maximum absolute atomic E-state index is 12.7. The number of hydrogen-bond donors (Lipinski definition) is 1. The number of aryl methyl sites for hydroxylation is 1. The molecule has 1 unspecified atom stereocenters. The van der Waals surface area contributed by atoms with Crippen molar-refractivity contribution in [2.24, 2.45) is 0 Å². The van der Waals surface area contributed by atoms with Crippen molar-refractivity contribution in [1.82, 2.24) is 4.90 Å². The molecular weight excluding hydrogens is 366 g/mol. The van der Waals surface area contributed by atoms with Crippen LogP contribution in [0.25, 0.3) is 0 Å². The van der Waals surface area contributed by atoms with Crippen molar-refractivity contribution in [2.45, 2.75) is 25.3 Å². The summed E-state index contributed by atoms with van der Waals surface area (Å²) in [6.45, 7) is 9.20. The van der Waals surface area contributed by atoms with E-state index in [1.807, 2.05) is 4.90 Å². The highest BCUT2D eigenvalue weighted by Gasteiger charge is 2.24. The van der Waals surface area contributed by atoms with Crippen LogP contribution in [0.15, 0.2) is 47.4 Å². The van der Waals surface area contributed by atoms with E-state index in [0.717, 1.165) is 32.7 Å². The van der Waals surface area contributed by atoms with Gasteiger partial charge in [-0.1, -0.05) is 24.3 Å². The third kappa shape index (κ3) is 5.09. The zero-order valence-corrected chi connectivity index (χ0v) is 18.3. The van der Waals surface area contributed by atoms with Gasteiger partial charge in [0.05, 0.1) is 7.05 Å². The quantitative estimate of drug-likeness (QED) is 0.758. The summed E-state index contributed by atoms with van der Waals surface area (Å²) < 4.78 is 0. The molecule has 0 spiro atoms. The highest BCUT2D eigenvalue weighted by atomic mass is 32.2. The van der Waals surface area contributed by atoms with Crippen molar-refractivity contribution in [1.29, 1.82) is 0 Å².